The van der Waals surface area contributed by atoms with Crippen LogP contribution in [0.1, 0.15) is 30.1 Å². The van der Waals surface area contributed by atoms with Crippen LogP contribution >= 0.6 is 11.6 Å². The molecule has 100 valence electrons. The number of nitrogens with one attached hydrogen (secondary N) is 2. The van der Waals surface area contributed by atoms with Gasteiger partial charge in [-0.3, -0.25) is 9.59 Å². The minimum absolute atomic E-state index is 0.0540. The van der Waals surface area contributed by atoms with Crippen molar-refractivity contribution >= 4 is 28.5 Å². The smallest absolute Gasteiger partial charge is 0.256 e. The zero-order valence-corrected chi connectivity index (χ0v) is 11.3. The lowest BCUT2D eigenvalue weighted by molar-refractivity contribution is 0.0952. The molecule has 6 heteroatoms. The van der Waals surface area contributed by atoms with Gasteiger partial charge in [0.1, 0.15) is 16.2 Å². The number of hydrogen-bond acceptors (Lipinski definition) is 3. The summed E-state index contributed by atoms with van der Waals surface area (Å²) in [7, 11) is 0. The van der Waals surface area contributed by atoms with E-state index in [1.165, 1.54) is 6.20 Å². The molecule has 0 aliphatic heterocycles. The molecule has 0 aliphatic carbocycles. The zero-order chi connectivity index (χ0) is 13.8. The first-order valence-electron chi connectivity index (χ1n) is 6.09. The minimum atomic E-state index is -0.412. The first kappa shape index (κ1) is 13.5. The van der Waals surface area contributed by atoms with Gasteiger partial charge < -0.3 is 10.3 Å². The summed E-state index contributed by atoms with van der Waals surface area (Å²) in [5, 5.41) is 2.92. The van der Waals surface area contributed by atoms with Gasteiger partial charge in [0.05, 0.1) is 5.52 Å². The van der Waals surface area contributed by atoms with Gasteiger partial charge in [0.15, 0.2) is 0 Å². The number of aromatic nitrogens is 2. The SMILES string of the molecule is CCCCNC(=O)c1c[nH]c2ccc(Cl)nc2c1=O. The van der Waals surface area contributed by atoms with Crippen LogP contribution in [-0.4, -0.2) is 22.4 Å². The van der Waals surface area contributed by atoms with Gasteiger partial charge in [0.2, 0.25) is 5.43 Å². The Morgan fingerprint density at radius 3 is 3.00 bits per heavy atom. The van der Waals surface area contributed by atoms with Gasteiger partial charge in [-0.2, -0.15) is 0 Å². The van der Waals surface area contributed by atoms with Crippen LogP contribution in [0.2, 0.25) is 5.15 Å². The van der Waals surface area contributed by atoms with E-state index in [0.717, 1.165) is 12.8 Å². The Hall–Kier alpha value is -1.88. The standard InChI is InChI=1S/C13H14ClN3O2/c1-2-3-6-15-13(19)8-7-16-9-4-5-10(14)17-11(9)12(8)18/h4-5,7H,2-3,6H2,1H3,(H,15,19)(H,16,18). The summed E-state index contributed by atoms with van der Waals surface area (Å²) >= 11 is 5.76. The molecule has 2 aromatic rings. The number of amides is 1. The van der Waals surface area contributed by atoms with E-state index in [1.807, 2.05) is 6.92 Å². The number of nitrogens with zero attached hydrogens (tertiary/aromatic N) is 1. The second-order valence-electron chi connectivity index (χ2n) is 4.17. The van der Waals surface area contributed by atoms with Gasteiger partial charge in [-0.1, -0.05) is 24.9 Å². The number of pyridine rings is 2. The highest BCUT2D eigenvalue weighted by Gasteiger charge is 2.13. The van der Waals surface area contributed by atoms with Crippen molar-refractivity contribution in [2.75, 3.05) is 6.54 Å². The first-order chi connectivity index (χ1) is 9.13. The van der Waals surface area contributed by atoms with Crippen LogP contribution < -0.4 is 10.7 Å². The van der Waals surface area contributed by atoms with Gasteiger partial charge in [-0.05, 0) is 18.6 Å². The van der Waals surface area contributed by atoms with E-state index in [4.69, 9.17) is 11.6 Å². The van der Waals surface area contributed by atoms with Crippen molar-refractivity contribution in [2.24, 2.45) is 0 Å². The fraction of sp³-hybridized carbons (Fsp3) is 0.308. The molecule has 2 aromatic heterocycles. The number of carbonyl (C=O) groups excluding carboxylic acids is 1. The normalized spacial score (nSPS) is 10.6. The van der Waals surface area contributed by atoms with Crippen molar-refractivity contribution in [3.8, 4) is 0 Å². The lowest BCUT2D eigenvalue weighted by Gasteiger charge is -2.04. The number of H-pyrrole nitrogens is 1. The molecular weight excluding hydrogens is 266 g/mol. The fourth-order valence-electron chi connectivity index (χ4n) is 1.71. The van der Waals surface area contributed by atoms with Crippen LogP contribution in [0.3, 0.4) is 0 Å². The van der Waals surface area contributed by atoms with Gasteiger partial charge in [-0.15, -0.1) is 0 Å². The van der Waals surface area contributed by atoms with E-state index in [0.29, 0.717) is 12.1 Å². The summed E-state index contributed by atoms with van der Waals surface area (Å²) in [4.78, 5) is 30.9. The van der Waals surface area contributed by atoms with E-state index >= 15 is 0 Å². The maximum atomic E-state index is 12.2. The molecule has 0 unspecified atom stereocenters. The molecule has 5 nitrogen and oxygen atoms in total. The Bertz CT molecular complexity index is 666. The predicted octanol–water partition coefficient (Wildman–Crippen LogP) is 2.11. The minimum Gasteiger partial charge on any atom is -0.359 e. The van der Waals surface area contributed by atoms with Crippen molar-refractivity contribution in [3.05, 3.63) is 39.3 Å². The molecular formula is C13H14ClN3O2. The Labute approximate surface area is 115 Å². The quantitative estimate of drug-likeness (QED) is 0.665. The summed E-state index contributed by atoms with van der Waals surface area (Å²) in [6.45, 7) is 2.58. The van der Waals surface area contributed by atoms with E-state index < -0.39 is 11.3 Å². The lowest BCUT2D eigenvalue weighted by Crippen LogP contribution is -2.29. The van der Waals surface area contributed by atoms with Crippen LogP contribution in [0.15, 0.2) is 23.1 Å². The van der Waals surface area contributed by atoms with Crippen molar-refractivity contribution in [3.63, 3.8) is 0 Å². The highest BCUT2D eigenvalue weighted by atomic mass is 35.5. The molecule has 0 saturated heterocycles. The molecule has 2 N–H and O–H groups in total. The molecule has 0 atom stereocenters. The van der Waals surface area contributed by atoms with Crippen LogP contribution in [-0.2, 0) is 0 Å². The first-order valence-corrected chi connectivity index (χ1v) is 6.47. The second kappa shape index (κ2) is 5.84. The van der Waals surface area contributed by atoms with Crippen molar-refractivity contribution in [2.45, 2.75) is 19.8 Å². The molecule has 0 radical (unpaired) electrons. The molecule has 0 fully saturated rings. The van der Waals surface area contributed by atoms with Crippen LogP contribution in [0, 0.1) is 0 Å². The maximum absolute atomic E-state index is 12.2. The monoisotopic (exact) mass is 279 g/mol. The van der Waals surface area contributed by atoms with Crippen LogP contribution in [0.25, 0.3) is 11.0 Å². The third-order valence-corrected chi connectivity index (χ3v) is 2.96. The molecule has 1 amide bonds. The molecule has 0 spiro atoms. The molecule has 0 aromatic carbocycles. The average molecular weight is 280 g/mol. The average Bonchev–Trinajstić information content (AvgIpc) is 2.40. The van der Waals surface area contributed by atoms with E-state index in [1.54, 1.807) is 12.1 Å². The number of halogens is 1. The number of rotatable bonds is 4. The third kappa shape index (κ3) is 2.93. The number of hydrogen-bond donors (Lipinski definition) is 2. The molecule has 2 rings (SSSR count). The number of fused-ring (bicyclic) bond motifs is 1. The predicted molar refractivity (Wildman–Crippen MR) is 74.6 cm³/mol. The van der Waals surface area contributed by atoms with Gasteiger partial charge in [0, 0.05) is 12.7 Å². The molecule has 0 bridgehead atoms. The highest BCUT2D eigenvalue weighted by Crippen LogP contribution is 2.10. The van der Waals surface area contributed by atoms with Crippen LogP contribution in [0.4, 0.5) is 0 Å². The van der Waals surface area contributed by atoms with Gasteiger partial charge >= 0.3 is 0 Å². The topological polar surface area (TPSA) is 74.8 Å². The lowest BCUT2D eigenvalue weighted by atomic mass is 10.2. The Morgan fingerprint density at radius 1 is 1.47 bits per heavy atom. The molecule has 2 heterocycles. The van der Waals surface area contributed by atoms with Crippen molar-refractivity contribution in [1.29, 1.82) is 0 Å². The molecule has 0 saturated carbocycles. The Kier molecular flexibility index (Phi) is 4.16. The largest absolute Gasteiger partial charge is 0.359 e. The summed E-state index contributed by atoms with van der Waals surface area (Å²) in [6, 6.07) is 3.24. The number of aromatic amines is 1. The Morgan fingerprint density at radius 2 is 2.26 bits per heavy atom. The number of unbranched alkanes of at least 4 members (excludes halogenated alkanes) is 1. The molecule has 19 heavy (non-hydrogen) atoms. The fourth-order valence-corrected chi connectivity index (χ4v) is 1.86. The van der Waals surface area contributed by atoms with Gasteiger partial charge in [-0.25, -0.2) is 4.98 Å². The zero-order valence-electron chi connectivity index (χ0n) is 10.5. The third-order valence-electron chi connectivity index (χ3n) is 2.75. The highest BCUT2D eigenvalue weighted by molar-refractivity contribution is 6.29. The number of carbonyl (C=O) groups is 1. The van der Waals surface area contributed by atoms with Crippen LogP contribution in [0.5, 0.6) is 0 Å². The van der Waals surface area contributed by atoms with E-state index in [-0.39, 0.29) is 16.2 Å². The summed E-state index contributed by atoms with van der Waals surface area (Å²) in [6.07, 6.45) is 3.26. The summed E-state index contributed by atoms with van der Waals surface area (Å²) in [5.74, 6) is -0.390. The second-order valence-corrected chi connectivity index (χ2v) is 4.56. The summed E-state index contributed by atoms with van der Waals surface area (Å²) in [5.41, 5.74) is 0.374. The Balaban J connectivity index is 2.37. The van der Waals surface area contributed by atoms with E-state index in [2.05, 4.69) is 15.3 Å². The van der Waals surface area contributed by atoms with Gasteiger partial charge in [0.25, 0.3) is 5.91 Å². The van der Waals surface area contributed by atoms with Crippen molar-refractivity contribution in [1.82, 2.24) is 15.3 Å². The van der Waals surface area contributed by atoms with E-state index in [9.17, 15) is 9.59 Å². The maximum Gasteiger partial charge on any atom is 0.256 e. The van der Waals surface area contributed by atoms with Crippen molar-refractivity contribution < 1.29 is 4.79 Å². The molecule has 0 aliphatic rings. The summed E-state index contributed by atoms with van der Waals surface area (Å²) < 4.78 is 0.